The molecule has 0 aromatic carbocycles. The summed E-state index contributed by atoms with van der Waals surface area (Å²) in [4.78, 5) is 8.64. The lowest BCUT2D eigenvalue weighted by atomic mass is 10.1. The van der Waals surface area contributed by atoms with E-state index >= 15 is 0 Å². The lowest BCUT2D eigenvalue weighted by molar-refractivity contribution is 0.0871. The summed E-state index contributed by atoms with van der Waals surface area (Å²) in [6.45, 7) is 5.69. The summed E-state index contributed by atoms with van der Waals surface area (Å²) in [6.07, 6.45) is 3.04. The molecular formula is C12H20N2O2. The van der Waals surface area contributed by atoms with Crippen molar-refractivity contribution in [2.45, 2.75) is 45.8 Å². The summed E-state index contributed by atoms with van der Waals surface area (Å²) in [5, 5.41) is 9.48. The maximum Gasteiger partial charge on any atom is 0.157 e. The molecule has 0 aliphatic carbocycles. The number of hydrogen-bond donors (Lipinski definition) is 1. The largest absolute Gasteiger partial charge is 0.389 e. The second-order valence-corrected chi connectivity index (χ2v) is 3.96. The molecule has 0 bridgehead atoms. The monoisotopic (exact) mass is 224 g/mol. The van der Waals surface area contributed by atoms with Gasteiger partial charge in [0, 0.05) is 24.6 Å². The Bertz CT molecular complexity index is 340. The lowest BCUT2D eigenvalue weighted by Crippen LogP contribution is -2.09. The van der Waals surface area contributed by atoms with Crippen molar-refractivity contribution in [3.8, 4) is 0 Å². The normalized spacial score (nSPS) is 14.8. The zero-order chi connectivity index (χ0) is 12.1. The van der Waals surface area contributed by atoms with Gasteiger partial charge in [0.2, 0.25) is 0 Å². The number of ether oxygens (including phenoxy) is 1. The smallest absolute Gasteiger partial charge is 0.157 e. The highest BCUT2D eigenvalue weighted by Crippen LogP contribution is 2.21. The Kier molecular flexibility index (Phi) is 4.83. The number of aliphatic hydroxyl groups excluding tert-OH is 1. The van der Waals surface area contributed by atoms with Crippen LogP contribution in [-0.4, -0.2) is 22.2 Å². The second-order valence-electron chi connectivity index (χ2n) is 3.96. The van der Waals surface area contributed by atoms with Crippen LogP contribution in [0.3, 0.4) is 0 Å². The summed E-state index contributed by atoms with van der Waals surface area (Å²) < 4.78 is 5.34. The predicted molar refractivity (Wildman–Crippen MR) is 62.1 cm³/mol. The van der Waals surface area contributed by atoms with E-state index in [0.717, 1.165) is 24.1 Å². The van der Waals surface area contributed by atoms with E-state index in [1.807, 2.05) is 6.92 Å². The summed E-state index contributed by atoms with van der Waals surface area (Å²) >= 11 is 0. The molecule has 0 radical (unpaired) electrons. The van der Waals surface area contributed by atoms with E-state index in [4.69, 9.17) is 4.74 Å². The average Bonchev–Trinajstić information content (AvgIpc) is 2.25. The Morgan fingerprint density at radius 1 is 1.50 bits per heavy atom. The highest BCUT2D eigenvalue weighted by atomic mass is 16.5. The number of aliphatic hydroxyl groups is 1. The first-order chi connectivity index (χ1) is 7.60. The van der Waals surface area contributed by atoms with Crippen LogP contribution in [0.2, 0.25) is 0 Å². The van der Waals surface area contributed by atoms with Crippen LogP contribution in [0.15, 0.2) is 6.20 Å². The molecular weight excluding hydrogens is 204 g/mol. The molecule has 16 heavy (non-hydrogen) atoms. The van der Waals surface area contributed by atoms with Gasteiger partial charge in [-0.15, -0.1) is 0 Å². The van der Waals surface area contributed by atoms with E-state index in [9.17, 15) is 5.11 Å². The van der Waals surface area contributed by atoms with Gasteiger partial charge in [0.15, 0.2) is 5.82 Å². The van der Waals surface area contributed by atoms with Gasteiger partial charge in [0.1, 0.15) is 6.10 Å². The standard InChI is InChI=1S/C12H20N2O2/c1-5-6-11(16-4)12-13-7-10(9(3)15)8(2)14-12/h7,9,11,15H,5-6H2,1-4H3. The molecule has 0 saturated carbocycles. The molecule has 2 unspecified atom stereocenters. The van der Waals surface area contributed by atoms with Crippen LogP contribution in [0.1, 0.15) is 56.0 Å². The molecule has 0 amide bonds. The minimum absolute atomic E-state index is 0.0493. The maximum absolute atomic E-state index is 9.48. The Labute approximate surface area is 96.7 Å². The summed E-state index contributed by atoms with van der Waals surface area (Å²) in [6, 6.07) is 0. The maximum atomic E-state index is 9.48. The van der Waals surface area contributed by atoms with E-state index in [0.29, 0.717) is 5.82 Å². The molecule has 1 heterocycles. The van der Waals surface area contributed by atoms with E-state index in [2.05, 4.69) is 16.9 Å². The van der Waals surface area contributed by atoms with Gasteiger partial charge in [-0.1, -0.05) is 13.3 Å². The molecule has 90 valence electrons. The van der Waals surface area contributed by atoms with Gasteiger partial charge in [0.05, 0.1) is 6.10 Å². The van der Waals surface area contributed by atoms with Crippen molar-refractivity contribution < 1.29 is 9.84 Å². The fraction of sp³-hybridized carbons (Fsp3) is 0.667. The highest BCUT2D eigenvalue weighted by Gasteiger charge is 2.15. The van der Waals surface area contributed by atoms with E-state index in [-0.39, 0.29) is 6.10 Å². The molecule has 1 aromatic rings. The Morgan fingerprint density at radius 2 is 2.19 bits per heavy atom. The summed E-state index contributed by atoms with van der Waals surface area (Å²) in [5.74, 6) is 0.700. The first-order valence-electron chi connectivity index (χ1n) is 5.64. The van der Waals surface area contributed by atoms with Crippen molar-refractivity contribution in [3.05, 3.63) is 23.3 Å². The number of rotatable bonds is 5. The van der Waals surface area contributed by atoms with Crippen LogP contribution in [0.5, 0.6) is 0 Å². The van der Waals surface area contributed by atoms with Crippen LogP contribution < -0.4 is 0 Å². The zero-order valence-electron chi connectivity index (χ0n) is 10.4. The first kappa shape index (κ1) is 13.1. The molecule has 1 N–H and O–H groups in total. The third-order valence-corrected chi connectivity index (χ3v) is 2.61. The highest BCUT2D eigenvalue weighted by molar-refractivity contribution is 5.18. The second kappa shape index (κ2) is 5.92. The van der Waals surface area contributed by atoms with Crippen LogP contribution in [0.25, 0.3) is 0 Å². The topological polar surface area (TPSA) is 55.2 Å². The molecule has 2 atom stereocenters. The minimum atomic E-state index is -0.527. The van der Waals surface area contributed by atoms with Crippen molar-refractivity contribution in [2.75, 3.05) is 7.11 Å². The molecule has 4 nitrogen and oxygen atoms in total. The van der Waals surface area contributed by atoms with Crippen LogP contribution in [-0.2, 0) is 4.74 Å². The van der Waals surface area contributed by atoms with Gasteiger partial charge < -0.3 is 9.84 Å². The van der Waals surface area contributed by atoms with E-state index in [1.165, 1.54) is 0 Å². The van der Waals surface area contributed by atoms with E-state index in [1.54, 1.807) is 20.2 Å². The van der Waals surface area contributed by atoms with Crippen molar-refractivity contribution in [1.29, 1.82) is 0 Å². The molecule has 0 fully saturated rings. The first-order valence-corrected chi connectivity index (χ1v) is 5.64. The fourth-order valence-corrected chi connectivity index (χ4v) is 1.67. The molecule has 0 saturated heterocycles. The third-order valence-electron chi connectivity index (χ3n) is 2.61. The molecule has 0 aliphatic rings. The van der Waals surface area contributed by atoms with Crippen LogP contribution in [0.4, 0.5) is 0 Å². The third kappa shape index (κ3) is 3.00. The van der Waals surface area contributed by atoms with Crippen molar-refractivity contribution in [3.63, 3.8) is 0 Å². The van der Waals surface area contributed by atoms with Gasteiger partial charge in [0.25, 0.3) is 0 Å². The average molecular weight is 224 g/mol. The number of aromatic nitrogens is 2. The van der Waals surface area contributed by atoms with Gasteiger partial charge in [-0.05, 0) is 20.3 Å². The fourth-order valence-electron chi connectivity index (χ4n) is 1.67. The van der Waals surface area contributed by atoms with Crippen molar-refractivity contribution in [2.24, 2.45) is 0 Å². The predicted octanol–water partition coefficient (Wildman–Crippen LogP) is 2.33. The summed E-state index contributed by atoms with van der Waals surface area (Å²) in [5.41, 5.74) is 1.59. The molecule has 1 rings (SSSR count). The van der Waals surface area contributed by atoms with Gasteiger partial charge in [-0.3, -0.25) is 0 Å². The Hall–Kier alpha value is -1.00. The number of methoxy groups -OCH3 is 1. The lowest BCUT2D eigenvalue weighted by Gasteiger charge is -2.15. The zero-order valence-corrected chi connectivity index (χ0v) is 10.4. The van der Waals surface area contributed by atoms with Gasteiger partial charge in [-0.25, -0.2) is 9.97 Å². The molecule has 0 aliphatic heterocycles. The summed E-state index contributed by atoms with van der Waals surface area (Å²) in [7, 11) is 1.67. The minimum Gasteiger partial charge on any atom is -0.389 e. The van der Waals surface area contributed by atoms with Crippen LogP contribution >= 0.6 is 0 Å². The molecule has 1 aromatic heterocycles. The van der Waals surface area contributed by atoms with Crippen LogP contribution in [0, 0.1) is 6.92 Å². The number of nitrogens with zero attached hydrogens (tertiary/aromatic N) is 2. The molecule has 4 heteroatoms. The molecule has 0 spiro atoms. The SMILES string of the molecule is CCCC(OC)c1ncc(C(C)O)c(C)n1. The Morgan fingerprint density at radius 3 is 2.62 bits per heavy atom. The van der Waals surface area contributed by atoms with Gasteiger partial charge in [-0.2, -0.15) is 0 Å². The van der Waals surface area contributed by atoms with Gasteiger partial charge >= 0.3 is 0 Å². The Balaban J connectivity index is 2.95. The van der Waals surface area contributed by atoms with Crippen molar-refractivity contribution in [1.82, 2.24) is 9.97 Å². The van der Waals surface area contributed by atoms with E-state index < -0.39 is 6.10 Å². The number of hydrogen-bond acceptors (Lipinski definition) is 4. The number of aryl methyl sites for hydroxylation is 1. The van der Waals surface area contributed by atoms with Crippen molar-refractivity contribution >= 4 is 0 Å². The quantitative estimate of drug-likeness (QED) is 0.834.